The van der Waals surface area contributed by atoms with Crippen molar-refractivity contribution < 1.29 is 4.74 Å². The van der Waals surface area contributed by atoms with Crippen LogP contribution in [0.25, 0.3) is 0 Å². The van der Waals surface area contributed by atoms with Gasteiger partial charge in [0.25, 0.3) is 0 Å². The highest BCUT2D eigenvalue weighted by atomic mass is 16.5. The van der Waals surface area contributed by atoms with Crippen molar-refractivity contribution in [1.29, 1.82) is 0 Å². The molecule has 0 aliphatic carbocycles. The number of hydrogen-bond donors (Lipinski definition) is 1. The molecule has 0 heterocycles. The maximum absolute atomic E-state index is 5.41. The molecule has 0 spiro atoms. The second-order valence-electron chi connectivity index (χ2n) is 3.87. The van der Waals surface area contributed by atoms with Gasteiger partial charge in [0, 0.05) is 0 Å². The first-order valence-electron chi connectivity index (χ1n) is 5.23. The molecule has 0 saturated carbocycles. The van der Waals surface area contributed by atoms with Crippen molar-refractivity contribution in [1.82, 2.24) is 0 Å². The van der Waals surface area contributed by atoms with E-state index in [4.69, 9.17) is 10.5 Å². The average molecular weight is 197 g/mol. The monoisotopic (exact) mass is 197 g/mol. The predicted octanol–water partition coefficient (Wildman–Crippen LogP) is 2.71. The summed E-state index contributed by atoms with van der Waals surface area (Å²) in [5.74, 6) is 1.87. The zero-order chi connectivity index (χ0) is 11.0. The summed E-state index contributed by atoms with van der Waals surface area (Å²) in [5.41, 5.74) is 5.38. The van der Waals surface area contributed by atoms with Crippen molar-refractivity contribution in [2.24, 2.45) is 17.6 Å². The Morgan fingerprint density at radius 2 is 2.07 bits per heavy atom. The molecule has 2 N–H and O–H groups in total. The molecule has 0 radical (unpaired) electrons. The van der Waals surface area contributed by atoms with Gasteiger partial charge in [0.15, 0.2) is 0 Å². The molecule has 2 heteroatoms. The van der Waals surface area contributed by atoms with Crippen molar-refractivity contribution >= 4 is 0 Å². The Hall–Kier alpha value is -0.760. The summed E-state index contributed by atoms with van der Waals surface area (Å²) in [6, 6.07) is 0. The smallest absolute Gasteiger partial charge is 0.102 e. The quantitative estimate of drug-likeness (QED) is 0.479. The van der Waals surface area contributed by atoms with E-state index in [-0.39, 0.29) is 0 Å². The lowest BCUT2D eigenvalue weighted by Crippen LogP contribution is -2.16. The molecule has 0 unspecified atom stereocenters. The molecule has 0 aromatic rings. The van der Waals surface area contributed by atoms with Crippen LogP contribution in [0, 0.1) is 11.8 Å². The van der Waals surface area contributed by atoms with Crippen molar-refractivity contribution in [3.8, 4) is 0 Å². The molecule has 0 bridgehead atoms. The summed E-state index contributed by atoms with van der Waals surface area (Å²) >= 11 is 0. The van der Waals surface area contributed by atoms with E-state index in [9.17, 15) is 0 Å². The SMILES string of the molecule is C=CCC[C@H](C)[C@@H](C)COC(=C)CN. The van der Waals surface area contributed by atoms with Crippen LogP contribution in [-0.2, 0) is 4.74 Å². The van der Waals surface area contributed by atoms with E-state index in [2.05, 4.69) is 27.0 Å². The van der Waals surface area contributed by atoms with E-state index in [1.807, 2.05) is 6.08 Å². The normalized spacial score (nSPS) is 14.5. The first-order valence-corrected chi connectivity index (χ1v) is 5.23. The molecule has 0 saturated heterocycles. The van der Waals surface area contributed by atoms with E-state index < -0.39 is 0 Å². The van der Waals surface area contributed by atoms with Gasteiger partial charge in [0.05, 0.1) is 13.2 Å². The Bertz CT molecular complexity index is 177. The largest absolute Gasteiger partial charge is 0.497 e. The summed E-state index contributed by atoms with van der Waals surface area (Å²) in [4.78, 5) is 0. The lowest BCUT2D eigenvalue weighted by Gasteiger charge is -2.20. The third-order valence-corrected chi connectivity index (χ3v) is 2.58. The summed E-state index contributed by atoms with van der Waals surface area (Å²) in [5, 5.41) is 0. The molecule has 0 aliphatic heterocycles. The van der Waals surface area contributed by atoms with E-state index in [1.165, 1.54) is 6.42 Å². The van der Waals surface area contributed by atoms with Crippen LogP contribution in [0.3, 0.4) is 0 Å². The van der Waals surface area contributed by atoms with Gasteiger partial charge in [-0.05, 0) is 24.7 Å². The molecule has 14 heavy (non-hydrogen) atoms. The van der Waals surface area contributed by atoms with Crippen molar-refractivity contribution in [2.75, 3.05) is 13.2 Å². The fourth-order valence-electron chi connectivity index (χ4n) is 1.14. The van der Waals surface area contributed by atoms with Crippen LogP contribution in [0.2, 0.25) is 0 Å². The fraction of sp³-hybridized carbons (Fsp3) is 0.667. The van der Waals surface area contributed by atoms with Gasteiger partial charge >= 0.3 is 0 Å². The summed E-state index contributed by atoms with van der Waals surface area (Å²) in [6.45, 7) is 13.0. The van der Waals surface area contributed by atoms with Gasteiger partial charge in [-0.2, -0.15) is 0 Å². The minimum absolute atomic E-state index is 0.410. The molecule has 0 aromatic heterocycles. The molecular formula is C12H23NO. The number of allylic oxidation sites excluding steroid dienone is 1. The van der Waals surface area contributed by atoms with Gasteiger partial charge in [-0.25, -0.2) is 0 Å². The van der Waals surface area contributed by atoms with E-state index in [0.29, 0.717) is 30.7 Å². The zero-order valence-corrected chi connectivity index (χ0v) is 9.46. The number of ether oxygens (including phenoxy) is 1. The Labute approximate surface area is 87.8 Å². The summed E-state index contributed by atoms with van der Waals surface area (Å²) in [7, 11) is 0. The number of rotatable bonds is 8. The molecular weight excluding hydrogens is 174 g/mol. The molecule has 0 amide bonds. The second-order valence-corrected chi connectivity index (χ2v) is 3.87. The highest BCUT2D eigenvalue weighted by molar-refractivity contribution is 4.83. The van der Waals surface area contributed by atoms with Gasteiger partial charge < -0.3 is 10.5 Å². The van der Waals surface area contributed by atoms with Crippen LogP contribution in [0.4, 0.5) is 0 Å². The minimum atomic E-state index is 0.410. The molecule has 0 aliphatic rings. The standard InChI is InChI=1S/C12H23NO/c1-5-6-7-10(2)11(3)9-14-12(4)8-13/h5,10-11H,1,4,6-9,13H2,2-3H3/t10-,11-/m0/s1. The maximum Gasteiger partial charge on any atom is 0.102 e. The van der Waals surface area contributed by atoms with E-state index in [0.717, 1.165) is 6.42 Å². The van der Waals surface area contributed by atoms with Crippen molar-refractivity contribution in [3.63, 3.8) is 0 Å². The van der Waals surface area contributed by atoms with E-state index >= 15 is 0 Å². The molecule has 82 valence electrons. The highest BCUT2D eigenvalue weighted by Crippen LogP contribution is 2.17. The number of hydrogen-bond acceptors (Lipinski definition) is 2. The third-order valence-electron chi connectivity index (χ3n) is 2.58. The van der Waals surface area contributed by atoms with Crippen LogP contribution in [0.5, 0.6) is 0 Å². The zero-order valence-electron chi connectivity index (χ0n) is 9.46. The lowest BCUT2D eigenvalue weighted by atomic mass is 9.92. The highest BCUT2D eigenvalue weighted by Gasteiger charge is 2.11. The molecule has 0 fully saturated rings. The van der Waals surface area contributed by atoms with Crippen molar-refractivity contribution in [3.05, 3.63) is 25.0 Å². The Kier molecular flexibility index (Phi) is 7.21. The summed E-state index contributed by atoms with van der Waals surface area (Å²) < 4.78 is 5.41. The van der Waals surface area contributed by atoms with Crippen LogP contribution < -0.4 is 5.73 Å². The van der Waals surface area contributed by atoms with Crippen LogP contribution in [-0.4, -0.2) is 13.2 Å². The first-order chi connectivity index (χ1) is 6.61. The first kappa shape index (κ1) is 13.2. The maximum atomic E-state index is 5.41. The Morgan fingerprint density at radius 3 is 2.57 bits per heavy atom. The lowest BCUT2D eigenvalue weighted by molar-refractivity contribution is 0.142. The van der Waals surface area contributed by atoms with E-state index in [1.54, 1.807) is 0 Å². The van der Waals surface area contributed by atoms with Gasteiger partial charge in [-0.1, -0.05) is 26.5 Å². The topological polar surface area (TPSA) is 35.2 Å². The average Bonchev–Trinajstić information content (AvgIpc) is 2.21. The minimum Gasteiger partial charge on any atom is -0.497 e. The van der Waals surface area contributed by atoms with Gasteiger partial charge in [0.2, 0.25) is 0 Å². The summed E-state index contributed by atoms with van der Waals surface area (Å²) in [6.07, 6.45) is 4.20. The Balaban J connectivity index is 3.65. The third kappa shape index (κ3) is 5.81. The van der Waals surface area contributed by atoms with Gasteiger partial charge in [-0.3, -0.25) is 0 Å². The molecule has 0 rings (SSSR count). The van der Waals surface area contributed by atoms with Gasteiger partial charge in [-0.15, -0.1) is 6.58 Å². The molecule has 2 atom stereocenters. The fourth-order valence-corrected chi connectivity index (χ4v) is 1.14. The van der Waals surface area contributed by atoms with Crippen molar-refractivity contribution in [2.45, 2.75) is 26.7 Å². The Morgan fingerprint density at radius 1 is 1.43 bits per heavy atom. The molecule has 0 aromatic carbocycles. The predicted molar refractivity (Wildman–Crippen MR) is 61.9 cm³/mol. The van der Waals surface area contributed by atoms with Gasteiger partial charge in [0.1, 0.15) is 5.76 Å². The van der Waals surface area contributed by atoms with Crippen LogP contribution >= 0.6 is 0 Å². The van der Waals surface area contributed by atoms with Crippen LogP contribution in [0.15, 0.2) is 25.0 Å². The van der Waals surface area contributed by atoms with Crippen LogP contribution in [0.1, 0.15) is 26.7 Å². The number of nitrogens with two attached hydrogens (primary N) is 1. The second kappa shape index (κ2) is 7.63. The molecule has 2 nitrogen and oxygen atoms in total.